The number of carbonyl (C=O) groups is 2. The maximum atomic E-state index is 10.8. The fraction of sp³-hybridized carbons (Fsp3) is 0.800. The van der Waals surface area contributed by atoms with Gasteiger partial charge in [0.15, 0.2) is 0 Å². The van der Waals surface area contributed by atoms with Crippen LogP contribution >= 0.6 is 11.9 Å². The second-order valence-corrected chi connectivity index (χ2v) is 4.96. The first-order valence-corrected chi connectivity index (χ1v) is 5.35. The smallest absolute Gasteiger partial charge is 0.326 e. The van der Waals surface area contributed by atoms with Gasteiger partial charge in [-0.2, -0.15) is 0 Å². The van der Waals surface area contributed by atoms with Crippen molar-refractivity contribution in [3.63, 3.8) is 0 Å². The van der Waals surface area contributed by atoms with Gasteiger partial charge in [-0.05, 0) is 18.4 Å². The Hall–Kier alpha value is -0.810. The molecule has 0 unspecified atom stereocenters. The summed E-state index contributed by atoms with van der Waals surface area (Å²) in [6.07, 6.45) is 0.537. The van der Waals surface area contributed by atoms with E-state index >= 15 is 0 Å². The second kappa shape index (κ2) is 6.70. The Labute approximate surface area is 100 Å². The highest BCUT2D eigenvalue weighted by molar-refractivity contribution is 6.13. The summed E-state index contributed by atoms with van der Waals surface area (Å²) in [6, 6.07) is -0.950. The molecule has 0 aromatic carbocycles. The number of carboxylic acid groups (broad SMARTS) is 1. The van der Waals surface area contributed by atoms with Gasteiger partial charge in [-0.15, -0.1) is 0 Å². The summed E-state index contributed by atoms with van der Waals surface area (Å²) in [5, 5.41) is 11.6. The number of carbonyl (C=O) groups excluding carboxylic acids is 1. The summed E-state index contributed by atoms with van der Waals surface area (Å²) in [7, 11) is 0. The molecule has 0 aliphatic rings. The number of carboxylic acids is 1. The molecular formula is C10H18ClNO4. The molecule has 1 atom stereocenters. The van der Waals surface area contributed by atoms with E-state index < -0.39 is 18.0 Å². The van der Waals surface area contributed by atoms with Crippen molar-refractivity contribution < 1.29 is 19.0 Å². The molecule has 0 saturated carbocycles. The first-order valence-electron chi connectivity index (χ1n) is 5.04. The number of rotatable bonds is 6. The van der Waals surface area contributed by atoms with Gasteiger partial charge in [0.05, 0.1) is 6.42 Å². The van der Waals surface area contributed by atoms with Crippen LogP contribution in [0.25, 0.3) is 0 Å². The minimum atomic E-state index is -1.09. The maximum absolute atomic E-state index is 10.8. The van der Waals surface area contributed by atoms with E-state index in [1.807, 2.05) is 0 Å². The van der Waals surface area contributed by atoms with Crippen molar-refractivity contribution in [1.29, 1.82) is 0 Å². The van der Waals surface area contributed by atoms with Crippen LogP contribution in [0.5, 0.6) is 0 Å². The third-order valence-electron chi connectivity index (χ3n) is 2.02. The van der Waals surface area contributed by atoms with Crippen molar-refractivity contribution in [2.75, 3.05) is 6.54 Å². The summed E-state index contributed by atoms with van der Waals surface area (Å²) < 4.78 is 3.91. The van der Waals surface area contributed by atoms with Crippen LogP contribution in [0.2, 0.25) is 0 Å². The average Bonchev–Trinajstić information content (AvgIpc) is 2.13. The van der Waals surface area contributed by atoms with E-state index in [-0.39, 0.29) is 11.8 Å². The molecule has 0 amide bonds. The largest absolute Gasteiger partial charge is 0.480 e. The lowest BCUT2D eigenvalue weighted by molar-refractivity contribution is -0.144. The molecule has 0 saturated heterocycles. The van der Waals surface area contributed by atoms with Gasteiger partial charge in [0.2, 0.25) is 0 Å². The topological polar surface area (TPSA) is 75.6 Å². The van der Waals surface area contributed by atoms with Crippen LogP contribution in [0, 0.1) is 5.41 Å². The van der Waals surface area contributed by atoms with Crippen LogP contribution < -0.4 is 5.32 Å². The highest BCUT2D eigenvalue weighted by Crippen LogP contribution is 2.17. The van der Waals surface area contributed by atoms with E-state index in [1.165, 1.54) is 0 Å². The predicted molar refractivity (Wildman–Crippen MR) is 60.1 cm³/mol. The van der Waals surface area contributed by atoms with Gasteiger partial charge in [0, 0.05) is 0 Å². The van der Waals surface area contributed by atoms with Crippen molar-refractivity contribution in [1.82, 2.24) is 5.32 Å². The van der Waals surface area contributed by atoms with E-state index in [2.05, 4.69) is 30.4 Å². The van der Waals surface area contributed by atoms with E-state index in [1.54, 1.807) is 0 Å². The zero-order chi connectivity index (χ0) is 12.8. The lowest BCUT2D eigenvalue weighted by Crippen LogP contribution is -2.39. The summed E-state index contributed by atoms with van der Waals surface area (Å²) in [5.41, 5.74) is 0.114. The van der Waals surface area contributed by atoms with Crippen LogP contribution in [0.3, 0.4) is 0 Å². The molecule has 0 spiro atoms. The quantitative estimate of drug-likeness (QED) is 0.749. The Bertz CT molecular complexity index is 250. The summed E-state index contributed by atoms with van der Waals surface area (Å²) >= 11 is 4.84. The van der Waals surface area contributed by atoms with Crippen molar-refractivity contribution in [3.05, 3.63) is 0 Å². The first-order chi connectivity index (χ1) is 7.26. The number of hydrogen-bond acceptors (Lipinski definition) is 4. The molecule has 5 nitrogen and oxygen atoms in total. The Morgan fingerprint density at radius 2 is 2.00 bits per heavy atom. The molecule has 0 radical (unpaired) electrons. The zero-order valence-electron chi connectivity index (χ0n) is 9.75. The van der Waals surface area contributed by atoms with Gasteiger partial charge in [-0.1, -0.05) is 20.8 Å². The molecule has 0 aromatic rings. The van der Waals surface area contributed by atoms with Gasteiger partial charge in [0.1, 0.15) is 17.9 Å². The molecule has 0 heterocycles. The van der Waals surface area contributed by atoms with Gasteiger partial charge in [-0.25, -0.2) is 0 Å². The zero-order valence-corrected chi connectivity index (χ0v) is 10.5. The molecule has 0 aliphatic carbocycles. The predicted octanol–water partition coefficient (Wildman–Crippen LogP) is 1.55. The van der Waals surface area contributed by atoms with E-state index in [9.17, 15) is 9.59 Å². The number of aliphatic carboxylic acids is 1. The fourth-order valence-corrected chi connectivity index (χ4v) is 1.13. The van der Waals surface area contributed by atoms with E-state index in [0.717, 1.165) is 6.42 Å². The molecule has 2 N–H and O–H groups in total. The van der Waals surface area contributed by atoms with Gasteiger partial charge < -0.3 is 14.7 Å². The molecule has 0 fully saturated rings. The monoisotopic (exact) mass is 251 g/mol. The number of halogens is 1. The Morgan fingerprint density at radius 3 is 2.38 bits per heavy atom. The highest BCUT2D eigenvalue weighted by Gasteiger charge is 2.22. The summed E-state index contributed by atoms with van der Waals surface area (Å²) in [4.78, 5) is 21.6. The summed E-state index contributed by atoms with van der Waals surface area (Å²) in [6.45, 7) is 6.68. The maximum Gasteiger partial charge on any atom is 0.326 e. The third kappa shape index (κ3) is 7.48. The van der Waals surface area contributed by atoms with Crippen LogP contribution in [-0.2, 0) is 13.9 Å². The lowest BCUT2D eigenvalue weighted by atomic mass is 9.92. The Morgan fingerprint density at radius 1 is 1.44 bits per heavy atom. The number of hydrogen-bond donors (Lipinski definition) is 2. The molecular weight excluding hydrogens is 234 g/mol. The average molecular weight is 252 g/mol. The molecule has 0 rings (SSSR count). The fourth-order valence-electron chi connectivity index (χ4n) is 1.07. The minimum absolute atomic E-state index is 0.114. The molecule has 0 bridgehead atoms. The van der Waals surface area contributed by atoms with Gasteiger partial charge in [0.25, 0.3) is 0 Å². The Balaban J connectivity index is 4.05. The number of nitrogens with one attached hydrogen (secondary N) is 1. The molecule has 0 aromatic heterocycles. The minimum Gasteiger partial charge on any atom is -0.480 e. The standard InChI is InChI=1S/C10H18ClNO4/c1-10(2,3)4-5-12-7(9(14)15)6-8(13)16-11/h7,12H,4-6H2,1-3H3,(H,14,15)/t7-/m0/s1. The first kappa shape index (κ1) is 15.2. The van der Waals surface area contributed by atoms with Crippen LogP contribution in [-0.4, -0.2) is 29.6 Å². The SMILES string of the molecule is CC(C)(C)CCN[C@@H](CC(=O)OCl)C(=O)O. The van der Waals surface area contributed by atoms with Crippen molar-refractivity contribution in [2.24, 2.45) is 5.41 Å². The highest BCUT2D eigenvalue weighted by atomic mass is 35.5. The molecule has 94 valence electrons. The Kier molecular flexibility index (Phi) is 6.36. The molecule has 6 heteroatoms. The normalized spacial score (nSPS) is 13.2. The van der Waals surface area contributed by atoms with Crippen molar-refractivity contribution >= 4 is 23.8 Å². The van der Waals surface area contributed by atoms with Crippen molar-refractivity contribution in [2.45, 2.75) is 39.7 Å². The molecule has 16 heavy (non-hydrogen) atoms. The third-order valence-corrected chi connectivity index (χ3v) is 2.19. The van der Waals surface area contributed by atoms with E-state index in [0.29, 0.717) is 6.54 Å². The summed E-state index contributed by atoms with van der Waals surface area (Å²) in [5.74, 6) is -1.84. The van der Waals surface area contributed by atoms with Gasteiger partial charge in [-0.3, -0.25) is 9.59 Å². The van der Waals surface area contributed by atoms with Crippen LogP contribution in [0.1, 0.15) is 33.6 Å². The molecule has 0 aliphatic heterocycles. The van der Waals surface area contributed by atoms with E-state index in [4.69, 9.17) is 17.0 Å². The van der Waals surface area contributed by atoms with Crippen LogP contribution in [0.15, 0.2) is 0 Å². The van der Waals surface area contributed by atoms with Gasteiger partial charge >= 0.3 is 11.9 Å². The van der Waals surface area contributed by atoms with Crippen molar-refractivity contribution in [3.8, 4) is 0 Å². The van der Waals surface area contributed by atoms with Crippen LogP contribution in [0.4, 0.5) is 0 Å². The lowest BCUT2D eigenvalue weighted by Gasteiger charge is -2.20. The second-order valence-electron chi connectivity index (χ2n) is 4.81.